The van der Waals surface area contributed by atoms with Crippen molar-refractivity contribution in [1.82, 2.24) is 16.0 Å². The minimum Gasteiger partial charge on any atom is -0.480 e. The van der Waals surface area contributed by atoms with Gasteiger partial charge in [0.2, 0.25) is 5.91 Å². The normalized spacial score (nSPS) is 12.4. The molecule has 104 valence electrons. The lowest BCUT2D eigenvalue weighted by molar-refractivity contribution is -0.141. The zero-order chi connectivity index (χ0) is 14.3. The molecule has 0 bridgehead atoms. The maximum absolute atomic E-state index is 11.5. The van der Waals surface area contributed by atoms with E-state index in [-0.39, 0.29) is 12.5 Å². The molecule has 4 N–H and O–H groups in total. The van der Waals surface area contributed by atoms with Gasteiger partial charge in [-0.15, -0.1) is 0 Å². The topological polar surface area (TPSA) is 108 Å². The van der Waals surface area contributed by atoms with Crippen LogP contribution in [0.1, 0.15) is 27.7 Å². The quantitative estimate of drug-likeness (QED) is 0.518. The Morgan fingerprint density at radius 3 is 2.00 bits per heavy atom. The molecule has 7 heteroatoms. The van der Waals surface area contributed by atoms with Crippen LogP contribution < -0.4 is 16.0 Å². The van der Waals surface area contributed by atoms with Crippen molar-refractivity contribution in [1.29, 1.82) is 0 Å². The molecular formula is C11H21N3O4. The second kappa shape index (κ2) is 6.83. The smallest absolute Gasteiger partial charge is 0.326 e. The zero-order valence-corrected chi connectivity index (χ0v) is 11.2. The second-order valence-electron chi connectivity index (χ2n) is 5.02. The van der Waals surface area contributed by atoms with Crippen LogP contribution in [-0.4, -0.2) is 42.1 Å². The molecule has 0 aliphatic rings. The van der Waals surface area contributed by atoms with Gasteiger partial charge < -0.3 is 21.1 Å². The van der Waals surface area contributed by atoms with Crippen molar-refractivity contribution in [2.24, 2.45) is 5.41 Å². The molecule has 0 aromatic carbocycles. The third kappa shape index (κ3) is 6.72. The predicted octanol–water partition coefficient (Wildman–Crippen LogP) is -0.0790. The van der Waals surface area contributed by atoms with Gasteiger partial charge in [-0.05, 0) is 5.41 Å². The van der Waals surface area contributed by atoms with Crippen LogP contribution in [-0.2, 0) is 9.59 Å². The fourth-order valence-electron chi connectivity index (χ4n) is 1.25. The summed E-state index contributed by atoms with van der Waals surface area (Å²) in [5, 5.41) is 16.4. The lowest BCUT2D eigenvalue weighted by Gasteiger charge is -2.27. The molecule has 3 amide bonds. The Bertz CT molecular complexity index is 323. The van der Waals surface area contributed by atoms with Crippen LogP contribution in [0.2, 0.25) is 0 Å². The number of urea groups is 1. The Morgan fingerprint density at radius 1 is 1.11 bits per heavy atom. The van der Waals surface area contributed by atoms with E-state index in [2.05, 4.69) is 16.0 Å². The summed E-state index contributed by atoms with van der Waals surface area (Å²) in [6.45, 7) is 7.09. The summed E-state index contributed by atoms with van der Waals surface area (Å²) in [5.74, 6) is -1.27. The third-order valence-corrected chi connectivity index (χ3v) is 2.17. The lowest BCUT2D eigenvalue weighted by atomic mass is 9.87. The number of carboxylic acids is 1. The highest BCUT2D eigenvalue weighted by atomic mass is 16.4. The van der Waals surface area contributed by atoms with Crippen LogP contribution in [0.15, 0.2) is 0 Å². The maximum atomic E-state index is 11.5. The highest BCUT2D eigenvalue weighted by molar-refractivity contribution is 5.83. The molecule has 0 spiro atoms. The Labute approximate surface area is 106 Å². The van der Waals surface area contributed by atoms with Crippen LogP contribution in [0.5, 0.6) is 0 Å². The summed E-state index contributed by atoms with van der Waals surface area (Å²) in [6.07, 6.45) is 0. The molecule has 0 saturated carbocycles. The number of carboxylic acid groups (broad SMARTS) is 1. The summed E-state index contributed by atoms with van der Waals surface area (Å²) in [7, 11) is 0. The van der Waals surface area contributed by atoms with Gasteiger partial charge in [0.05, 0.1) is 0 Å². The fraction of sp³-hybridized carbons (Fsp3) is 0.727. The van der Waals surface area contributed by atoms with Gasteiger partial charge in [-0.1, -0.05) is 20.8 Å². The van der Waals surface area contributed by atoms with E-state index in [0.29, 0.717) is 6.54 Å². The van der Waals surface area contributed by atoms with Crippen LogP contribution in [0.4, 0.5) is 4.79 Å². The first-order valence-corrected chi connectivity index (χ1v) is 5.66. The summed E-state index contributed by atoms with van der Waals surface area (Å²) >= 11 is 0. The first kappa shape index (κ1) is 16.2. The van der Waals surface area contributed by atoms with Crippen LogP contribution in [0.3, 0.4) is 0 Å². The van der Waals surface area contributed by atoms with Gasteiger partial charge in [-0.25, -0.2) is 9.59 Å². The Kier molecular flexibility index (Phi) is 6.15. The van der Waals surface area contributed by atoms with Crippen molar-refractivity contribution in [2.75, 3.05) is 13.1 Å². The minimum atomic E-state index is -1.08. The van der Waals surface area contributed by atoms with E-state index in [4.69, 9.17) is 5.11 Å². The average molecular weight is 259 g/mol. The molecule has 0 radical (unpaired) electrons. The van der Waals surface area contributed by atoms with Crippen LogP contribution in [0, 0.1) is 5.41 Å². The van der Waals surface area contributed by atoms with Gasteiger partial charge in [0.15, 0.2) is 0 Å². The summed E-state index contributed by atoms with van der Waals surface area (Å²) in [4.78, 5) is 33.0. The van der Waals surface area contributed by atoms with E-state index in [0.717, 1.165) is 0 Å². The maximum Gasteiger partial charge on any atom is 0.326 e. The van der Waals surface area contributed by atoms with E-state index in [1.54, 1.807) is 20.8 Å². The Balaban J connectivity index is 4.12. The molecule has 1 unspecified atom stereocenters. The monoisotopic (exact) mass is 259 g/mol. The molecule has 1 atom stereocenters. The van der Waals surface area contributed by atoms with E-state index < -0.39 is 23.5 Å². The van der Waals surface area contributed by atoms with Crippen molar-refractivity contribution in [2.45, 2.75) is 33.7 Å². The molecule has 0 rings (SSSR count). The molecule has 0 saturated heterocycles. The predicted molar refractivity (Wildman–Crippen MR) is 66.1 cm³/mol. The third-order valence-electron chi connectivity index (χ3n) is 2.17. The highest BCUT2D eigenvalue weighted by Gasteiger charge is 2.32. The molecule has 0 aliphatic carbocycles. The number of hydrogen-bond acceptors (Lipinski definition) is 3. The number of amides is 3. The van der Waals surface area contributed by atoms with Crippen LogP contribution in [0.25, 0.3) is 0 Å². The van der Waals surface area contributed by atoms with Crippen molar-refractivity contribution in [3.63, 3.8) is 0 Å². The van der Waals surface area contributed by atoms with E-state index in [1.807, 2.05) is 0 Å². The number of nitrogens with one attached hydrogen (secondary N) is 3. The van der Waals surface area contributed by atoms with Crippen molar-refractivity contribution in [3.8, 4) is 0 Å². The van der Waals surface area contributed by atoms with Gasteiger partial charge in [-0.3, -0.25) is 4.79 Å². The summed E-state index contributed by atoms with van der Waals surface area (Å²) in [5.41, 5.74) is -0.583. The first-order chi connectivity index (χ1) is 8.14. The van der Waals surface area contributed by atoms with Gasteiger partial charge in [0.25, 0.3) is 0 Å². The van der Waals surface area contributed by atoms with Crippen molar-refractivity contribution in [3.05, 3.63) is 0 Å². The molecule has 0 heterocycles. The standard InChI is InChI=1S/C11H21N3O4/c1-7(15)12-5-6-13-10(18)14-8(9(16)17)11(2,3)4/h8H,5-6H2,1-4H3,(H,12,15)(H,16,17)(H2,13,14,18). The zero-order valence-electron chi connectivity index (χ0n) is 11.2. The molecule has 0 aromatic heterocycles. The van der Waals surface area contributed by atoms with E-state index in [9.17, 15) is 14.4 Å². The number of aliphatic carboxylic acids is 1. The average Bonchev–Trinajstić information content (AvgIpc) is 2.18. The molecule has 0 aliphatic heterocycles. The summed E-state index contributed by atoms with van der Waals surface area (Å²) < 4.78 is 0. The van der Waals surface area contributed by atoms with Gasteiger partial charge >= 0.3 is 12.0 Å². The number of hydrogen-bond donors (Lipinski definition) is 4. The highest BCUT2D eigenvalue weighted by Crippen LogP contribution is 2.19. The molecule has 7 nitrogen and oxygen atoms in total. The second-order valence-corrected chi connectivity index (χ2v) is 5.02. The van der Waals surface area contributed by atoms with Gasteiger partial charge in [-0.2, -0.15) is 0 Å². The van der Waals surface area contributed by atoms with E-state index in [1.165, 1.54) is 6.92 Å². The molecule has 0 fully saturated rings. The molecular weight excluding hydrogens is 238 g/mol. The van der Waals surface area contributed by atoms with Gasteiger partial charge in [0, 0.05) is 20.0 Å². The van der Waals surface area contributed by atoms with Crippen molar-refractivity contribution < 1.29 is 19.5 Å². The molecule has 18 heavy (non-hydrogen) atoms. The SMILES string of the molecule is CC(=O)NCCNC(=O)NC(C(=O)O)C(C)(C)C. The lowest BCUT2D eigenvalue weighted by Crippen LogP contribution is -2.52. The number of rotatable bonds is 5. The first-order valence-electron chi connectivity index (χ1n) is 5.66. The summed E-state index contributed by atoms with van der Waals surface area (Å²) in [6, 6.07) is -1.54. The van der Waals surface area contributed by atoms with Crippen LogP contribution >= 0.6 is 0 Å². The number of carbonyl (C=O) groups is 3. The Morgan fingerprint density at radius 2 is 1.61 bits per heavy atom. The van der Waals surface area contributed by atoms with E-state index >= 15 is 0 Å². The Hall–Kier alpha value is -1.79. The van der Waals surface area contributed by atoms with Crippen molar-refractivity contribution >= 4 is 17.9 Å². The minimum absolute atomic E-state index is 0.185. The van der Waals surface area contributed by atoms with Gasteiger partial charge in [0.1, 0.15) is 6.04 Å². The number of carbonyl (C=O) groups excluding carboxylic acids is 2. The fourth-order valence-corrected chi connectivity index (χ4v) is 1.25. The largest absolute Gasteiger partial charge is 0.480 e. The molecule has 0 aromatic rings.